The van der Waals surface area contributed by atoms with Crippen LogP contribution < -0.4 is 0 Å². The third kappa shape index (κ3) is 4.47. The van der Waals surface area contributed by atoms with Crippen LogP contribution in [0.2, 0.25) is 0 Å². The van der Waals surface area contributed by atoms with Crippen LogP contribution in [0.3, 0.4) is 0 Å². The molecule has 0 spiro atoms. The molecule has 0 saturated carbocycles. The van der Waals surface area contributed by atoms with Crippen LogP contribution in [0.25, 0.3) is 0 Å². The normalized spacial score (nSPS) is 11.0. The summed E-state index contributed by atoms with van der Waals surface area (Å²) < 4.78 is 5.08. The number of nitrogens with zero attached hydrogens (tertiary/aromatic N) is 2. The van der Waals surface area contributed by atoms with E-state index in [0.717, 1.165) is 31.9 Å². The average molecular weight is 243 g/mol. The molecule has 0 N–H and O–H groups in total. The van der Waals surface area contributed by atoms with Gasteiger partial charge >= 0.3 is 0 Å². The molecule has 0 atom stereocenters. The molecule has 3 nitrogen and oxygen atoms in total. The summed E-state index contributed by atoms with van der Waals surface area (Å²) in [6.45, 7) is 5.39. The lowest BCUT2D eigenvalue weighted by atomic mass is 10.2. The van der Waals surface area contributed by atoms with Gasteiger partial charge in [0.15, 0.2) is 0 Å². The van der Waals surface area contributed by atoms with Crippen molar-refractivity contribution in [2.24, 2.45) is 0 Å². The maximum atomic E-state index is 5.78. The zero-order valence-corrected chi connectivity index (χ0v) is 10.7. The van der Waals surface area contributed by atoms with Gasteiger partial charge < -0.3 is 4.74 Å². The van der Waals surface area contributed by atoms with Crippen molar-refractivity contribution in [2.45, 2.75) is 13.5 Å². The van der Waals surface area contributed by atoms with Crippen LogP contribution in [0.1, 0.15) is 11.3 Å². The molecule has 1 rings (SSSR count). The van der Waals surface area contributed by atoms with Gasteiger partial charge in [-0.1, -0.05) is 6.07 Å². The number of hydrogen-bond acceptors (Lipinski definition) is 3. The summed E-state index contributed by atoms with van der Waals surface area (Å²) in [6, 6.07) is 4.04. The number of alkyl halides is 1. The molecule has 0 unspecified atom stereocenters. The monoisotopic (exact) mass is 242 g/mol. The molecule has 0 saturated heterocycles. The zero-order valence-electron chi connectivity index (χ0n) is 9.95. The highest BCUT2D eigenvalue weighted by atomic mass is 35.5. The maximum absolute atomic E-state index is 5.78. The Kier molecular flexibility index (Phi) is 6.38. The second-order valence-corrected chi connectivity index (χ2v) is 4.10. The molecule has 16 heavy (non-hydrogen) atoms. The molecule has 1 aromatic rings. The van der Waals surface area contributed by atoms with Crippen molar-refractivity contribution < 1.29 is 4.74 Å². The van der Waals surface area contributed by atoms with Gasteiger partial charge in [-0.3, -0.25) is 9.88 Å². The number of halogens is 1. The molecule has 1 aromatic heterocycles. The molecular weight excluding hydrogens is 224 g/mol. The van der Waals surface area contributed by atoms with Crippen LogP contribution in [0, 0.1) is 6.92 Å². The summed E-state index contributed by atoms with van der Waals surface area (Å²) in [4.78, 5) is 6.64. The van der Waals surface area contributed by atoms with Gasteiger partial charge in [0.1, 0.15) is 0 Å². The predicted octanol–water partition coefficient (Wildman–Crippen LogP) is 2.08. The Morgan fingerprint density at radius 2 is 2.25 bits per heavy atom. The van der Waals surface area contributed by atoms with Gasteiger partial charge in [-0.05, 0) is 18.6 Å². The first-order valence-corrected chi connectivity index (χ1v) is 5.99. The van der Waals surface area contributed by atoms with Crippen molar-refractivity contribution in [3.05, 3.63) is 29.6 Å². The third-order valence-electron chi connectivity index (χ3n) is 2.50. The Morgan fingerprint density at radius 3 is 2.88 bits per heavy atom. The van der Waals surface area contributed by atoms with E-state index in [0.29, 0.717) is 5.88 Å². The highest BCUT2D eigenvalue weighted by Crippen LogP contribution is 2.07. The van der Waals surface area contributed by atoms with Crippen molar-refractivity contribution in [3.8, 4) is 0 Å². The molecule has 0 aliphatic rings. The second kappa shape index (κ2) is 7.60. The van der Waals surface area contributed by atoms with Gasteiger partial charge in [0.2, 0.25) is 0 Å². The Hall–Kier alpha value is -0.640. The summed E-state index contributed by atoms with van der Waals surface area (Å²) >= 11 is 5.78. The molecule has 4 heteroatoms. The fourth-order valence-corrected chi connectivity index (χ4v) is 1.74. The van der Waals surface area contributed by atoms with E-state index in [4.69, 9.17) is 16.3 Å². The molecule has 0 aliphatic carbocycles. The van der Waals surface area contributed by atoms with Crippen molar-refractivity contribution in [1.29, 1.82) is 0 Å². The third-order valence-corrected chi connectivity index (χ3v) is 2.67. The lowest BCUT2D eigenvalue weighted by Crippen LogP contribution is -2.29. The van der Waals surface area contributed by atoms with Gasteiger partial charge in [0.05, 0.1) is 12.3 Å². The van der Waals surface area contributed by atoms with Crippen LogP contribution in [0.5, 0.6) is 0 Å². The van der Waals surface area contributed by atoms with Crippen molar-refractivity contribution in [3.63, 3.8) is 0 Å². The van der Waals surface area contributed by atoms with E-state index in [9.17, 15) is 0 Å². The maximum Gasteiger partial charge on any atom is 0.0589 e. The number of methoxy groups -OCH3 is 1. The summed E-state index contributed by atoms with van der Waals surface area (Å²) in [6.07, 6.45) is 1.83. The molecule has 0 bridgehead atoms. The van der Waals surface area contributed by atoms with Gasteiger partial charge in [-0.25, -0.2) is 0 Å². The van der Waals surface area contributed by atoms with Crippen LogP contribution in [0.4, 0.5) is 0 Å². The quantitative estimate of drug-likeness (QED) is 0.685. The van der Waals surface area contributed by atoms with E-state index >= 15 is 0 Å². The van der Waals surface area contributed by atoms with E-state index in [1.54, 1.807) is 7.11 Å². The number of aryl methyl sites for hydroxylation is 1. The molecule has 0 fully saturated rings. The molecular formula is C12H19ClN2O. The van der Waals surface area contributed by atoms with Crippen LogP contribution in [0.15, 0.2) is 18.3 Å². The largest absolute Gasteiger partial charge is 0.383 e. The summed E-state index contributed by atoms with van der Waals surface area (Å²) in [5.41, 5.74) is 2.34. The first-order valence-electron chi connectivity index (χ1n) is 5.45. The minimum atomic E-state index is 0.635. The number of rotatable bonds is 7. The predicted molar refractivity (Wildman–Crippen MR) is 66.8 cm³/mol. The Bertz CT molecular complexity index is 307. The molecule has 90 valence electrons. The lowest BCUT2D eigenvalue weighted by molar-refractivity contribution is 0.147. The number of ether oxygens (including phenoxy) is 1. The molecule has 0 amide bonds. The fraction of sp³-hybridized carbons (Fsp3) is 0.583. The van der Waals surface area contributed by atoms with Crippen LogP contribution in [-0.4, -0.2) is 42.6 Å². The number of aromatic nitrogens is 1. The highest BCUT2D eigenvalue weighted by molar-refractivity contribution is 6.18. The van der Waals surface area contributed by atoms with Gasteiger partial charge in [-0.2, -0.15) is 0 Å². The summed E-state index contributed by atoms with van der Waals surface area (Å²) in [5, 5.41) is 0. The minimum absolute atomic E-state index is 0.635. The Morgan fingerprint density at radius 1 is 1.44 bits per heavy atom. The summed E-state index contributed by atoms with van der Waals surface area (Å²) in [7, 11) is 1.71. The van der Waals surface area contributed by atoms with Gasteiger partial charge in [0, 0.05) is 38.8 Å². The Balaban J connectivity index is 2.56. The zero-order chi connectivity index (χ0) is 11.8. The first kappa shape index (κ1) is 13.4. The van der Waals surface area contributed by atoms with E-state index in [1.807, 2.05) is 12.3 Å². The second-order valence-electron chi connectivity index (χ2n) is 3.72. The lowest BCUT2D eigenvalue weighted by Gasteiger charge is -2.21. The number of hydrogen-bond donors (Lipinski definition) is 0. The van der Waals surface area contributed by atoms with Crippen molar-refractivity contribution in [2.75, 3.05) is 32.7 Å². The average Bonchev–Trinajstić information content (AvgIpc) is 2.29. The molecule has 0 aromatic carbocycles. The van der Waals surface area contributed by atoms with Gasteiger partial charge in [0.25, 0.3) is 0 Å². The highest BCUT2D eigenvalue weighted by Gasteiger charge is 2.07. The Labute approximate surface area is 102 Å². The SMILES string of the molecule is COCCN(CCCl)Cc1ncccc1C. The smallest absolute Gasteiger partial charge is 0.0589 e. The standard InChI is InChI=1S/C12H19ClN2O/c1-11-4-3-6-14-12(11)10-15(7-5-13)8-9-16-2/h3-4,6H,5,7-10H2,1-2H3. The van der Waals surface area contributed by atoms with Crippen LogP contribution in [-0.2, 0) is 11.3 Å². The summed E-state index contributed by atoms with van der Waals surface area (Å²) in [5.74, 6) is 0.635. The first-order chi connectivity index (χ1) is 7.77. The van der Waals surface area contributed by atoms with E-state index < -0.39 is 0 Å². The van der Waals surface area contributed by atoms with E-state index in [2.05, 4.69) is 22.9 Å². The topological polar surface area (TPSA) is 25.4 Å². The van der Waals surface area contributed by atoms with Crippen LogP contribution >= 0.6 is 11.6 Å². The van der Waals surface area contributed by atoms with E-state index in [1.165, 1.54) is 5.56 Å². The van der Waals surface area contributed by atoms with E-state index in [-0.39, 0.29) is 0 Å². The van der Waals surface area contributed by atoms with Gasteiger partial charge in [-0.15, -0.1) is 11.6 Å². The van der Waals surface area contributed by atoms with Crippen molar-refractivity contribution >= 4 is 11.6 Å². The molecule has 0 radical (unpaired) electrons. The molecule has 1 heterocycles. The fourth-order valence-electron chi connectivity index (χ4n) is 1.51. The molecule has 0 aliphatic heterocycles. The number of pyridine rings is 1. The minimum Gasteiger partial charge on any atom is -0.383 e. The van der Waals surface area contributed by atoms with Crippen molar-refractivity contribution in [1.82, 2.24) is 9.88 Å².